The Balaban J connectivity index is 2.06. The highest BCUT2D eigenvalue weighted by atomic mass is 32.2. The summed E-state index contributed by atoms with van der Waals surface area (Å²) in [7, 11) is 0. The van der Waals surface area contributed by atoms with Crippen LogP contribution in [0.4, 0.5) is 0 Å². The van der Waals surface area contributed by atoms with E-state index in [1.807, 2.05) is 26.0 Å². The van der Waals surface area contributed by atoms with Gasteiger partial charge in [0, 0.05) is 17.2 Å². The maximum absolute atomic E-state index is 11.7. The molecule has 0 fully saturated rings. The van der Waals surface area contributed by atoms with Crippen molar-refractivity contribution in [3.63, 3.8) is 0 Å². The maximum Gasteiger partial charge on any atom is 0.336 e. The number of thioether (sulfide) groups is 1. The van der Waals surface area contributed by atoms with Gasteiger partial charge < -0.3 is 4.42 Å². The molecule has 1 aromatic carbocycles. The minimum Gasteiger partial charge on any atom is -0.422 e. The quantitative estimate of drug-likeness (QED) is 0.592. The van der Waals surface area contributed by atoms with Crippen LogP contribution in [0, 0.1) is 13.8 Å². The molecular weight excluding hydrogens is 274 g/mol. The zero-order valence-corrected chi connectivity index (χ0v) is 12.0. The van der Waals surface area contributed by atoms with Crippen LogP contribution in [0.15, 0.2) is 38.9 Å². The lowest BCUT2D eigenvalue weighted by molar-refractivity contribution is 0.557. The molecule has 1 N–H and O–H groups in total. The number of aromatic nitrogens is 3. The lowest BCUT2D eigenvalue weighted by Gasteiger charge is -2.08. The fourth-order valence-electron chi connectivity index (χ4n) is 2.05. The number of benzene rings is 1. The minimum absolute atomic E-state index is 0.320. The summed E-state index contributed by atoms with van der Waals surface area (Å²) in [5.74, 6) is 0.639. The van der Waals surface area contributed by atoms with Crippen molar-refractivity contribution < 1.29 is 4.42 Å². The van der Waals surface area contributed by atoms with Gasteiger partial charge in [-0.3, -0.25) is 5.10 Å². The molecule has 5 nitrogen and oxygen atoms in total. The average Bonchev–Trinajstić information content (AvgIpc) is 2.94. The SMILES string of the molecule is Cc1ccc2c(CSc3ncn[nH]3)cc(=O)oc2c1C. The minimum atomic E-state index is -0.320. The summed E-state index contributed by atoms with van der Waals surface area (Å²) in [5, 5.41) is 8.30. The smallest absolute Gasteiger partial charge is 0.336 e. The number of fused-ring (bicyclic) bond motifs is 1. The second-order valence-electron chi connectivity index (χ2n) is 4.55. The van der Waals surface area contributed by atoms with Crippen LogP contribution in [0.3, 0.4) is 0 Å². The Morgan fingerprint density at radius 1 is 1.35 bits per heavy atom. The zero-order chi connectivity index (χ0) is 14.1. The summed E-state index contributed by atoms with van der Waals surface area (Å²) in [6.45, 7) is 3.97. The van der Waals surface area contributed by atoms with Crippen LogP contribution in [0.2, 0.25) is 0 Å². The lowest BCUT2D eigenvalue weighted by Crippen LogP contribution is -2.01. The van der Waals surface area contributed by atoms with Gasteiger partial charge in [-0.2, -0.15) is 5.10 Å². The summed E-state index contributed by atoms with van der Waals surface area (Å²) in [5.41, 5.74) is 3.41. The molecule has 0 amide bonds. The summed E-state index contributed by atoms with van der Waals surface area (Å²) in [6, 6.07) is 5.58. The fraction of sp³-hybridized carbons (Fsp3) is 0.214. The Morgan fingerprint density at radius 3 is 2.95 bits per heavy atom. The molecule has 0 saturated carbocycles. The van der Waals surface area contributed by atoms with Gasteiger partial charge in [0.05, 0.1) is 0 Å². The molecule has 0 spiro atoms. The van der Waals surface area contributed by atoms with Gasteiger partial charge in [-0.15, -0.1) is 0 Å². The van der Waals surface area contributed by atoms with Gasteiger partial charge in [0.1, 0.15) is 11.9 Å². The number of nitrogens with zero attached hydrogens (tertiary/aromatic N) is 2. The van der Waals surface area contributed by atoms with Gasteiger partial charge in [0.15, 0.2) is 5.16 Å². The van der Waals surface area contributed by atoms with Crippen LogP contribution in [0.25, 0.3) is 11.0 Å². The third-order valence-corrected chi connectivity index (χ3v) is 4.20. The van der Waals surface area contributed by atoms with Crippen LogP contribution < -0.4 is 5.63 Å². The number of hydrogen-bond donors (Lipinski definition) is 1. The van der Waals surface area contributed by atoms with E-state index in [2.05, 4.69) is 15.2 Å². The van der Waals surface area contributed by atoms with Crippen molar-refractivity contribution in [3.8, 4) is 0 Å². The molecule has 2 aromatic heterocycles. The van der Waals surface area contributed by atoms with E-state index < -0.39 is 0 Å². The molecule has 3 rings (SSSR count). The molecule has 0 aliphatic rings. The molecule has 0 saturated heterocycles. The van der Waals surface area contributed by atoms with Gasteiger partial charge in [0.2, 0.25) is 0 Å². The molecule has 2 heterocycles. The molecule has 6 heteroatoms. The van der Waals surface area contributed by atoms with Crippen molar-refractivity contribution in [1.82, 2.24) is 15.2 Å². The van der Waals surface area contributed by atoms with Crippen molar-refractivity contribution in [2.24, 2.45) is 0 Å². The Bertz CT molecular complexity index is 809. The summed E-state index contributed by atoms with van der Waals surface area (Å²) in [6.07, 6.45) is 1.47. The van der Waals surface area contributed by atoms with Crippen LogP contribution >= 0.6 is 11.8 Å². The first-order valence-corrected chi connectivity index (χ1v) is 7.15. The van der Waals surface area contributed by atoms with Crippen LogP contribution in [0.1, 0.15) is 16.7 Å². The number of hydrogen-bond acceptors (Lipinski definition) is 5. The molecule has 102 valence electrons. The Morgan fingerprint density at radius 2 is 2.20 bits per heavy atom. The number of nitrogens with one attached hydrogen (secondary N) is 1. The van der Waals surface area contributed by atoms with Crippen molar-refractivity contribution >= 4 is 22.7 Å². The van der Waals surface area contributed by atoms with E-state index in [0.29, 0.717) is 11.3 Å². The lowest BCUT2D eigenvalue weighted by atomic mass is 10.0. The van der Waals surface area contributed by atoms with Crippen LogP contribution in [-0.2, 0) is 5.75 Å². The Labute approximate surface area is 119 Å². The van der Waals surface area contributed by atoms with Crippen molar-refractivity contribution in [3.05, 3.63) is 51.6 Å². The largest absolute Gasteiger partial charge is 0.422 e. The molecule has 0 aliphatic heterocycles. The molecule has 3 aromatic rings. The molecule has 0 atom stereocenters. The average molecular weight is 287 g/mol. The van der Waals surface area contributed by atoms with Gasteiger partial charge in [-0.1, -0.05) is 23.9 Å². The van der Waals surface area contributed by atoms with E-state index in [4.69, 9.17) is 4.42 Å². The van der Waals surface area contributed by atoms with Gasteiger partial charge >= 0.3 is 5.63 Å². The molecule has 20 heavy (non-hydrogen) atoms. The number of aryl methyl sites for hydroxylation is 2. The highest BCUT2D eigenvalue weighted by Crippen LogP contribution is 2.27. The van der Waals surface area contributed by atoms with Gasteiger partial charge in [0.25, 0.3) is 0 Å². The fourth-order valence-corrected chi connectivity index (χ4v) is 2.82. The Kier molecular flexibility index (Phi) is 3.31. The number of rotatable bonds is 3. The Hall–Kier alpha value is -2.08. The summed E-state index contributed by atoms with van der Waals surface area (Å²) in [4.78, 5) is 15.8. The van der Waals surface area contributed by atoms with Crippen molar-refractivity contribution in [1.29, 1.82) is 0 Å². The molecule has 0 unspecified atom stereocenters. The zero-order valence-electron chi connectivity index (χ0n) is 11.1. The predicted molar refractivity (Wildman–Crippen MR) is 77.9 cm³/mol. The second-order valence-corrected chi connectivity index (χ2v) is 5.52. The topological polar surface area (TPSA) is 71.8 Å². The first kappa shape index (κ1) is 12.9. The van der Waals surface area contributed by atoms with E-state index in [-0.39, 0.29) is 5.63 Å². The first-order valence-electron chi connectivity index (χ1n) is 6.16. The van der Waals surface area contributed by atoms with E-state index >= 15 is 0 Å². The molecule has 0 bridgehead atoms. The van der Waals surface area contributed by atoms with E-state index in [9.17, 15) is 4.79 Å². The normalized spacial score (nSPS) is 11.1. The third kappa shape index (κ3) is 2.34. The van der Waals surface area contributed by atoms with E-state index in [1.165, 1.54) is 18.1 Å². The summed E-state index contributed by atoms with van der Waals surface area (Å²) < 4.78 is 5.35. The molecular formula is C14H13N3O2S. The van der Waals surface area contributed by atoms with Gasteiger partial charge in [-0.05, 0) is 30.5 Å². The van der Waals surface area contributed by atoms with Crippen LogP contribution in [0.5, 0.6) is 0 Å². The molecule has 0 aliphatic carbocycles. The maximum atomic E-state index is 11.7. The second kappa shape index (κ2) is 5.13. The van der Waals surface area contributed by atoms with Gasteiger partial charge in [-0.25, -0.2) is 9.78 Å². The predicted octanol–water partition coefficient (Wildman–Crippen LogP) is 2.82. The number of H-pyrrole nitrogens is 1. The third-order valence-electron chi connectivity index (χ3n) is 3.27. The van der Waals surface area contributed by atoms with E-state index in [1.54, 1.807) is 6.07 Å². The summed E-state index contributed by atoms with van der Waals surface area (Å²) >= 11 is 1.50. The first-order chi connectivity index (χ1) is 9.65. The highest BCUT2D eigenvalue weighted by Gasteiger charge is 2.10. The monoisotopic (exact) mass is 287 g/mol. The number of aromatic amines is 1. The van der Waals surface area contributed by atoms with Crippen molar-refractivity contribution in [2.75, 3.05) is 0 Å². The standard InChI is InChI=1S/C14H13N3O2S/c1-8-3-4-11-10(6-20-14-15-7-16-17-14)5-12(18)19-13(11)9(8)2/h3-5,7H,6H2,1-2H3,(H,15,16,17). The highest BCUT2D eigenvalue weighted by molar-refractivity contribution is 7.98. The molecule has 0 radical (unpaired) electrons. The van der Waals surface area contributed by atoms with Crippen LogP contribution in [-0.4, -0.2) is 15.2 Å². The van der Waals surface area contributed by atoms with E-state index in [0.717, 1.165) is 27.2 Å². The van der Waals surface area contributed by atoms with Crippen molar-refractivity contribution in [2.45, 2.75) is 24.8 Å².